The Morgan fingerprint density at radius 3 is 2.59 bits per heavy atom. The van der Waals surface area contributed by atoms with E-state index < -0.39 is 12.0 Å². The lowest BCUT2D eigenvalue weighted by atomic mass is 10.0. The molecular weight excluding hydrogens is 442 g/mol. The Morgan fingerprint density at radius 2 is 1.85 bits per heavy atom. The first-order chi connectivity index (χ1) is 16.6. The van der Waals surface area contributed by atoms with Crippen LogP contribution in [0.4, 0.5) is 8.78 Å². The molecule has 2 aromatic heterocycles. The van der Waals surface area contributed by atoms with Gasteiger partial charge in [-0.15, -0.1) is 0 Å². The van der Waals surface area contributed by atoms with Gasteiger partial charge in [0.2, 0.25) is 17.7 Å². The molecular formula is C24H26F2N6O2. The summed E-state index contributed by atoms with van der Waals surface area (Å²) >= 11 is 0. The molecule has 3 aromatic rings. The zero-order valence-corrected chi connectivity index (χ0v) is 18.6. The first-order valence-corrected chi connectivity index (χ1v) is 11.1. The summed E-state index contributed by atoms with van der Waals surface area (Å²) in [5, 5.41) is 5.99. The second kappa shape index (κ2) is 11.6. The van der Waals surface area contributed by atoms with E-state index in [1.807, 2.05) is 0 Å². The molecule has 2 N–H and O–H groups in total. The second-order valence-corrected chi connectivity index (χ2v) is 7.90. The Bertz CT molecular complexity index is 1110. The van der Waals surface area contributed by atoms with Gasteiger partial charge >= 0.3 is 6.08 Å². The van der Waals surface area contributed by atoms with Gasteiger partial charge in [-0.25, -0.2) is 9.97 Å². The third-order valence-corrected chi connectivity index (χ3v) is 5.47. The minimum atomic E-state index is -0.834. The number of nitrogens with one attached hydrogen (secondary N) is 2. The van der Waals surface area contributed by atoms with Crippen molar-refractivity contribution in [1.29, 1.82) is 0 Å². The molecule has 0 saturated carbocycles. The van der Waals surface area contributed by atoms with Crippen molar-refractivity contribution in [1.82, 2.24) is 30.5 Å². The quantitative estimate of drug-likeness (QED) is 0.366. The van der Waals surface area contributed by atoms with Crippen LogP contribution in [-0.4, -0.2) is 65.1 Å². The summed E-state index contributed by atoms with van der Waals surface area (Å²) in [7, 11) is 0. The lowest BCUT2D eigenvalue weighted by molar-refractivity contribution is -0.120. The average Bonchev–Trinajstić information content (AvgIpc) is 2.84. The van der Waals surface area contributed by atoms with Crippen molar-refractivity contribution in [2.24, 2.45) is 0 Å². The number of ether oxygens (including phenoxy) is 1. The van der Waals surface area contributed by atoms with Crippen LogP contribution in [0.25, 0.3) is 11.1 Å². The normalized spacial score (nSPS) is 14.1. The summed E-state index contributed by atoms with van der Waals surface area (Å²) in [6.07, 6.45) is 0.593. The van der Waals surface area contributed by atoms with E-state index in [1.54, 1.807) is 36.4 Å². The van der Waals surface area contributed by atoms with Gasteiger partial charge in [-0.05, 0) is 23.3 Å². The molecule has 0 unspecified atom stereocenters. The van der Waals surface area contributed by atoms with E-state index in [-0.39, 0.29) is 24.8 Å². The predicted octanol–water partition coefficient (Wildman–Crippen LogP) is 1.96. The van der Waals surface area contributed by atoms with Gasteiger partial charge in [-0.3, -0.25) is 9.69 Å². The van der Waals surface area contributed by atoms with Gasteiger partial charge < -0.3 is 15.4 Å². The molecule has 0 aliphatic carbocycles. The number of hydrogen-bond acceptors (Lipinski definition) is 7. The topological polar surface area (TPSA) is 92.3 Å². The smallest absolute Gasteiger partial charge is 0.308 e. The number of rotatable bonds is 9. The fraction of sp³-hybridized carbons (Fsp3) is 0.333. The predicted molar refractivity (Wildman–Crippen MR) is 122 cm³/mol. The molecule has 34 heavy (non-hydrogen) atoms. The highest BCUT2D eigenvalue weighted by atomic mass is 19.1. The number of hydrogen-bond donors (Lipinski definition) is 2. The zero-order valence-electron chi connectivity index (χ0n) is 18.6. The minimum absolute atomic E-state index is 0.108. The fourth-order valence-electron chi connectivity index (χ4n) is 3.63. The Labute approximate surface area is 196 Å². The van der Waals surface area contributed by atoms with Crippen LogP contribution >= 0.6 is 0 Å². The Kier molecular flexibility index (Phi) is 8.05. The molecule has 0 radical (unpaired) electrons. The highest BCUT2D eigenvalue weighted by molar-refractivity contribution is 5.78. The van der Waals surface area contributed by atoms with Crippen molar-refractivity contribution >= 4 is 5.91 Å². The van der Waals surface area contributed by atoms with Crippen molar-refractivity contribution < 1.29 is 18.3 Å². The van der Waals surface area contributed by atoms with E-state index in [9.17, 15) is 13.6 Å². The molecule has 8 nitrogen and oxygen atoms in total. The molecule has 3 heterocycles. The lowest BCUT2D eigenvalue weighted by Gasteiger charge is -2.26. The molecule has 0 atom stereocenters. The number of carbonyl (C=O) groups is 1. The van der Waals surface area contributed by atoms with E-state index >= 15 is 0 Å². The van der Waals surface area contributed by atoms with Gasteiger partial charge in [0, 0.05) is 50.6 Å². The Hall–Kier alpha value is -3.50. The Morgan fingerprint density at radius 1 is 1.06 bits per heavy atom. The summed E-state index contributed by atoms with van der Waals surface area (Å²) in [5.74, 6) is -0.586. The van der Waals surface area contributed by atoms with E-state index in [0.717, 1.165) is 38.3 Å². The third kappa shape index (κ3) is 6.75. The largest absolute Gasteiger partial charge is 0.476 e. The van der Waals surface area contributed by atoms with Gasteiger partial charge in [0.15, 0.2) is 0 Å². The molecule has 0 spiro atoms. The zero-order chi connectivity index (χ0) is 23.8. The maximum Gasteiger partial charge on any atom is 0.308 e. The number of pyridine rings is 1. The summed E-state index contributed by atoms with van der Waals surface area (Å²) in [6.45, 7) is 5.22. The maximum absolute atomic E-state index is 14.6. The van der Waals surface area contributed by atoms with Gasteiger partial charge in [-0.1, -0.05) is 24.3 Å². The van der Waals surface area contributed by atoms with E-state index in [1.165, 1.54) is 12.3 Å². The number of amides is 1. The monoisotopic (exact) mass is 468 g/mol. The summed E-state index contributed by atoms with van der Waals surface area (Å²) in [6, 6.07) is 11.8. The van der Waals surface area contributed by atoms with Gasteiger partial charge in [-0.2, -0.15) is 13.8 Å². The minimum Gasteiger partial charge on any atom is -0.476 e. The molecule has 1 aromatic carbocycles. The van der Waals surface area contributed by atoms with Crippen LogP contribution < -0.4 is 15.4 Å². The number of benzene rings is 1. The standard InChI is InChI=1S/C24H26F2N6O2/c25-23-20(5-6-22(31-23)34-14-13-32-11-9-27-10-12-32)18-3-1-17(2-4-18)15-21(33)29-16-19-7-8-28-24(26)30-19/h1-8,27H,9-16H2,(H,29,33). The summed E-state index contributed by atoms with van der Waals surface area (Å²) in [5.41, 5.74) is 2.15. The number of piperazine rings is 1. The van der Waals surface area contributed by atoms with Gasteiger partial charge in [0.05, 0.1) is 18.7 Å². The van der Waals surface area contributed by atoms with Crippen molar-refractivity contribution in [2.75, 3.05) is 39.3 Å². The van der Waals surface area contributed by atoms with Crippen LogP contribution in [0.5, 0.6) is 5.88 Å². The van der Waals surface area contributed by atoms with Crippen LogP contribution in [0.2, 0.25) is 0 Å². The van der Waals surface area contributed by atoms with Crippen LogP contribution in [-0.2, 0) is 17.8 Å². The molecule has 4 rings (SSSR count). The Balaban J connectivity index is 1.28. The van der Waals surface area contributed by atoms with Crippen LogP contribution in [0.15, 0.2) is 48.7 Å². The SMILES string of the molecule is O=C(Cc1ccc(-c2ccc(OCCN3CCNCC3)nc2F)cc1)NCc1ccnc(F)n1. The lowest BCUT2D eigenvalue weighted by Crippen LogP contribution is -2.44. The highest BCUT2D eigenvalue weighted by Crippen LogP contribution is 2.24. The first kappa shape index (κ1) is 23.7. The second-order valence-electron chi connectivity index (χ2n) is 7.90. The molecule has 1 aliphatic heterocycles. The van der Waals surface area contributed by atoms with E-state index in [4.69, 9.17) is 4.74 Å². The highest BCUT2D eigenvalue weighted by Gasteiger charge is 2.12. The molecule has 1 fully saturated rings. The molecule has 178 valence electrons. The summed E-state index contributed by atoms with van der Waals surface area (Å²) < 4.78 is 33.2. The number of carbonyl (C=O) groups excluding carboxylic acids is 1. The van der Waals surface area contributed by atoms with Crippen LogP contribution in [0.3, 0.4) is 0 Å². The molecule has 1 amide bonds. The molecule has 1 saturated heterocycles. The van der Waals surface area contributed by atoms with Crippen molar-refractivity contribution in [2.45, 2.75) is 13.0 Å². The molecule has 1 aliphatic rings. The van der Waals surface area contributed by atoms with Crippen molar-refractivity contribution in [3.8, 4) is 17.0 Å². The molecule has 0 bridgehead atoms. The number of nitrogens with zero attached hydrogens (tertiary/aromatic N) is 4. The van der Waals surface area contributed by atoms with Crippen LogP contribution in [0, 0.1) is 12.0 Å². The van der Waals surface area contributed by atoms with Gasteiger partial charge in [0.1, 0.15) is 6.61 Å². The van der Waals surface area contributed by atoms with Crippen molar-refractivity contribution in [3.63, 3.8) is 0 Å². The van der Waals surface area contributed by atoms with E-state index in [2.05, 4.69) is 30.5 Å². The fourth-order valence-corrected chi connectivity index (χ4v) is 3.63. The molecule has 10 heteroatoms. The number of halogens is 2. The maximum atomic E-state index is 14.6. The average molecular weight is 469 g/mol. The number of aromatic nitrogens is 3. The first-order valence-electron chi connectivity index (χ1n) is 11.1. The van der Waals surface area contributed by atoms with Crippen LogP contribution in [0.1, 0.15) is 11.3 Å². The van der Waals surface area contributed by atoms with Gasteiger partial charge in [0.25, 0.3) is 0 Å². The van der Waals surface area contributed by atoms with E-state index in [0.29, 0.717) is 23.4 Å². The summed E-state index contributed by atoms with van der Waals surface area (Å²) in [4.78, 5) is 25.4. The van der Waals surface area contributed by atoms with Crippen molar-refractivity contribution in [3.05, 3.63) is 71.9 Å². The third-order valence-electron chi connectivity index (χ3n) is 5.47.